The van der Waals surface area contributed by atoms with Gasteiger partial charge in [0.15, 0.2) is 0 Å². The Morgan fingerprint density at radius 1 is 1.17 bits per heavy atom. The van der Waals surface area contributed by atoms with Gasteiger partial charge in [0.25, 0.3) is 0 Å². The molecule has 0 unspecified atom stereocenters. The van der Waals surface area contributed by atoms with Crippen LogP contribution in [0.5, 0.6) is 0 Å². The Bertz CT molecular complexity index is 564. The zero-order valence-electron chi connectivity index (χ0n) is 10.6. The van der Waals surface area contributed by atoms with Gasteiger partial charge < -0.3 is 11.1 Å². The zero-order valence-corrected chi connectivity index (χ0v) is 11.4. The molecule has 2 aromatic carbocycles. The molecule has 0 amide bonds. The van der Waals surface area contributed by atoms with E-state index in [0.29, 0.717) is 10.7 Å². The number of benzene rings is 2. The van der Waals surface area contributed by atoms with E-state index in [9.17, 15) is 0 Å². The average Bonchev–Trinajstić information content (AvgIpc) is 2.36. The summed E-state index contributed by atoms with van der Waals surface area (Å²) < 4.78 is 0. The van der Waals surface area contributed by atoms with Crippen molar-refractivity contribution in [2.24, 2.45) is 0 Å². The quantitative estimate of drug-likeness (QED) is 0.796. The minimum Gasteiger partial charge on any atom is -0.398 e. The highest BCUT2D eigenvalue weighted by molar-refractivity contribution is 6.33. The standard InChI is InChI=1S/C15H17ClN2/c1-3-11-6-4-5-7-14(11)18-15-9-12(16)13(17)8-10(15)2/h4-9,18H,3,17H2,1-2H3. The highest BCUT2D eigenvalue weighted by Crippen LogP contribution is 2.30. The summed E-state index contributed by atoms with van der Waals surface area (Å²) in [6.07, 6.45) is 0.991. The van der Waals surface area contributed by atoms with E-state index in [0.717, 1.165) is 23.4 Å². The third kappa shape index (κ3) is 2.59. The van der Waals surface area contributed by atoms with Crippen LogP contribution in [0.15, 0.2) is 36.4 Å². The number of hydrogen-bond acceptors (Lipinski definition) is 2. The van der Waals surface area contributed by atoms with Crippen molar-refractivity contribution < 1.29 is 0 Å². The maximum Gasteiger partial charge on any atom is 0.0656 e. The predicted molar refractivity (Wildman–Crippen MR) is 79.7 cm³/mol. The summed E-state index contributed by atoms with van der Waals surface area (Å²) in [4.78, 5) is 0. The van der Waals surface area contributed by atoms with Crippen molar-refractivity contribution in [1.82, 2.24) is 0 Å². The lowest BCUT2D eigenvalue weighted by Gasteiger charge is -2.14. The summed E-state index contributed by atoms with van der Waals surface area (Å²) in [5.74, 6) is 0. The van der Waals surface area contributed by atoms with Crippen molar-refractivity contribution in [3.63, 3.8) is 0 Å². The van der Waals surface area contributed by atoms with Gasteiger partial charge in [-0.3, -0.25) is 0 Å². The molecule has 3 N–H and O–H groups in total. The van der Waals surface area contributed by atoms with E-state index in [4.69, 9.17) is 17.3 Å². The Hall–Kier alpha value is -1.67. The summed E-state index contributed by atoms with van der Waals surface area (Å²) in [5, 5.41) is 4.00. The number of aryl methyl sites for hydroxylation is 2. The van der Waals surface area contributed by atoms with Gasteiger partial charge in [-0.05, 0) is 42.7 Å². The zero-order chi connectivity index (χ0) is 13.1. The number of halogens is 1. The van der Waals surface area contributed by atoms with Crippen molar-refractivity contribution in [2.75, 3.05) is 11.1 Å². The van der Waals surface area contributed by atoms with Gasteiger partial charge >= 0.3 is 0 Å². The molecule has 0 atom stereocenters. The molecule has 0 heterocycles. The molecule has 94 valence electrons. The summed E-state index contributed by atoms with van der Waals surface area (Å²) in [6.45, 7) is 4.16. The maximum absolute atomic E-state index is 6.06. The summed E-state index contributed by atoms with van der Waals surface area (Å²) in [5.41, 5.74) is 10.9. The van der Waals surface area contributed by atoms with E-state index >= 15 is 0 Å². The molecule has 0 saturated carbocycles. The SMILES string of the molecule is CCc1ccccc1Nc1cc(Cl)c(N)cc1C. The molecule has 0 fully saturated rings. The average molecular weight is 261 g/mol. The van der Waals surface area contributed by atoms with Gasteiger partial charge in [-0.25, -0.2) is 0 Å². The van der Waals surface area contributed by atoms with Crippen molar-refractivity contribution in [2.45, 2.75) is 20.3 Å². The lowest BCUT2D eigenvalue weighted by Crippen LogP contribution is -1.98. The third-order valence-corrected chi connectivity index (χ3v) is 3.34. The monoisotopic (exact) mass is 260 g/mol. The summed E-state index contributed by atoms with van der Waals surface area (Å²) >= 11 is 6.06. The van der Waals surface area contributed by atoms with Crippen LogP contribution >= 0.6 is 11.6 Å². The second-order valence-electron chi connectivity index (χ2n) is 4.32. The van der Waals surface area contributed by atoms with Crippen molar-refractivity contribution in [3.8, 4) is 0 Å². The van der Waals surface area contributed by atoms with Gasteiger partial charge in [-0.15, -0.1) is 0 Å². The Morgan fingerprint density at radius 3 is 2.61 bits per heavy atom. The van der Waals surface area contributed by atoms with Gasteiger partial charge in [0.1, 0.15) is 0 Å². The summed E-state index contributed by atoms with van der Waals surface area (Å²) in [6, 6.07) is 12.0. The first-order valence-electron chi connectivity index (χ1n) is 6.02. The molecule has 0 aliphatic carbocycles. The Labute approximate surface area is 113 Å². The van der Waals surface area contributed by atoms with Crippen LogP contribution in [0.3, 0.4) is 0 Å². The molecular formula is C15H17ClN2. The minimum absolute atomic E-state index is 0.581. The Kier molecular flexibility index (Phi) is 3.78. The summed E-state index contributed by atoms with van der Waals surface area (Å²) in [7, 11) is 0. The van der Waals surface area contributed by atoms with Crippen LogP contribution in [0.1, 0.15) is 18.1 Å². The Morgan fingerprint density at radius 2 is 1.89 bits per heavy atom. The van der Waals surface area contributed by atoms with Crippen LogP contribution < -0.4 is 11.1 Å². The molecule has 0 saturated heterocycles. The second kappa shape index (κ2) is 5.32. The number of nitrogens with one attached hydrogen (secondary N) is 1. The topological polar surface area (TPSA) is 38.0 Å². The molecule has 0 aromatic heterocycles. The van der Waals surface area contributed by atoms with Crippen molar-refractivity contribution in [3.05, 3.63) is 52.5 Å². The fourth-order valence-electron chi connectivity index (χ4n) is 1.93. The molecule has 0 spiro atoms. The van der Waals surface area contributed by atoms with Crippen LogP contribution in [-0.2, 0) is 6.42 Å². The molecular weight excluding hydrogens is 244 g/mol. The van der Waals surface area contributed by atoms with E-state index in [1.54, 1.807) is 0 Å². The molecule has 0 bridgehead atoms. The van der Waals surface area contributed by atoms with Gasteiger partial charge in [0.05, 0.1) is 10.7 Å². The van der Waals surface area contributed by atoms with Gasteiger partial charge in [0, 0.05) is 11.4 Å². The van der Waals surface area contributed by atoms with E-state index < -0.39 is 0 Å². The lowest BCUT2D eigenvalue weighted by atomic mass is 10.1. The first kappa shape index (κ1) is 12.8. The molecule has 18 heavy (non-hydrogen) atoms. The fraction of sp³-hybridized carbons (Fsp3) is 0.200. The smallest absolute Gasteiger partial charge is 0.0656 e. The number of nitrogens with two attached hydrogens (primary N) is 1. The second-order valence-corrected chi connectivity index (χ2v) is 4.73. The number of anilines is 3. The first-order chi connectivity index (χ1) is 8.61. The normalized spacial score (nSPS) is 10.4. The van der Waals surface area contributed by atoms with Gasteiger partial charge in [-0.2, -0.15) is 0 Å². The van der Waals surface area contributed by atoms with Crippen LogP contribution in [-0.4, -0.2) is 0 Å². The van der Waals surface area contributed by atoms with Crippen LogP contribution in [0.4, 0.5) is 17.1 Å². The number of para-hydroxylation sites is 1. The van der Waals surface area contributed by atoms with E-state index in [-0.39, 0.29) is 0 Å². The highest BCUT2D eigenvalue weighted by Gasteiger charge is 2.05. The molecule has 2 rings (SSSR count). The van der Waals surface area contributed by atoms with Crippen LogP contribution in [0.2, 0.25) is 5.02 Å². The van der Waals surface area contributed by atoms with Crippen LogP contribution in [0, 0.1) is 6.92 Å². The van der Waals surface area contributed by atoms with Crippen molar-refractivity contribution >= 4 is 28.7 Å². The van der Waals surface area contributed by atoms with E-state index in [1.807, 2.05) is 31.2 Å². The van der Waals surface area contributed by atoms with Gasteiger partial charge in [-0.1, -0.05) is 36.7 Å². The first-order valence-corrected chi connectivity index (χ1v) is 6.40. The van der Waals surface area contributed by atoms with Crippen molar-refractivity contribution in [1.29, 1.82) is 0 Å². The molecule has 0 radical (unpaired) electrons. The lowest BCUT2D eigenvalue weighted by molar-refractivity contribution is 1.14. The largest absolute Gasteiger partial charge is 0.398 e. The van der Waals surface area contributed by atoms with E-state index in [1.165, 1.54) is 5.56 Å². The minimum atomic E-state index is 0.581. The van der Waals surface area contributed by atoms with Crippen LogP contribution in [0.25, 0.3) is 0 Å². The van der Waals surface area contributed by atoms with Gasteiger partial charge in [0.2, 0.25) is 0 Å². The number of nitrogen functional groups attached to an aromatic ring is 1. The molecule has 3 heteroatoms. The third-order valence-electron chi connectivity index (χ3n) is 3.01. The van der Waals surface area contributed by atoms with E-state index in [2.05, 4.69) is 24.4 Å². The number of hydrogen-bond donors (Lipinski definition) is 2. The molecule has 2 aromatic rings. The molecule has 2 nitrogen and oxygen atoms in total. The predicted octanol–water partition coefficient (Wildman–Crippen LogP) is 4.54. The fourth-order valence-corrected chi connectivity index (χ4v) is 2.10. The maximum atomic E-state index is 6.06. The molecule has 0 aliphatic heterocycles. The number of rotatable bonds is 3. The Balaban J connectivity index is 2.37. The molecule has 0 aliphatic rings. The highest BCUT2D eigenvalue weighted by atomic mass is 35.5.